The molecule has 0 saturated carbocycles. The van der Waals surface area contributed by atoms with Crippen molar-refractivity contribution < 1.29 is 8.42 Å². The van der Waals surface area contributed by atoms with E-state index in [9.17, 15) is 8.42 Å². The Labute approximate surface area is 116 Å². The van der Waals surface area contributed by atoms with Crippen LogP contribution in [0.25, 0.3) is 0 Å². The maximum Gasteiger partial charge on any atom is 0.233 e. The predicted molar refractivity (Wildman–Crippen MR) is 80.1 cm³/mol. The molecule has 0 saturated heterocycles. The van der Waals surface area contributed by atoms with Crippen molar-refractivity contribution in [2.24, 2.45) is 0 Å². The average Bonchev–Trinajstić information content (AvgIpc) is 2.39. The first kappa shape index (κ1) is 15.8. The fourth-order valence-corrected chi connectivity index (χ4v) is 2.36. The van der Waals surface area contributed by atoms with Crippen molar-refractivity contribution in [3.05, 3.63) is 18.3 Å². The molecule has 108 valence electrons. The number of hydrogen-bond acceptors (Lipinski definition) is 4. The lowest BCUT2D eigenvalue weighted by Gasteiger charge is -2.23. The summed E-state index contributed by atoms with van der Waals surface area (Å²) in [7, 11) is -3.25. The summed E-state index contributed by atoms with van der Waals surface area (Å²) in [6.07, 6.45) is 3.87. The first-order valence-corrected chi connectivity index (χ1v) is 8.39. The zero-order chi connectivity index (χ0) is 14.3. The Bertz CT molecular complexity index is 465. The first-order chi connectivity index (χ1) is 9.02. The van der Waals surface area contributed by atoms with E-state index in [-0.39, 0.29) is 5.75 Å². The van der Waals surface area contributed by atoms with Crippen LogP contribution in [0.1, 0.15) is 33.6 Å². The van der Waals surface area contributed by atoms with E-state index in [2.05, 4.69) is 28.5 Å². The van der Waals surface area contributed by atoms with Crippen LogP contribution in [0.3, 0.4) is 0 Å². The van der Waals surface area contributed by atoms with Crippen LogP contribution in [-0.4, -0.2) is 32.2 Å². The lowest BCUT2D eigenvalue weighted by Crippen LogP contribution is -2.25. The molecule has 1 N–H and O–H groups in total. The Balaban J connectivity index is 2.79. The maximum atomic E-state index is 11.4. The Kier molecular flexibility index (Phi) is 6.08. The summed E-state index contributed by atoms with van der Waals surface area (Å²) in [4.78, 5) is 6.42. The fraction of sp³-hybridized carbons (Fsp3) is 0.615. The third-order valence-corrected chi connectivity index (χ3v) is 4.02. The van der Waals surface area contributed by atoms with Crippen LogP contribution < -0.4 is 9.62 Å². The third-order valence-electron chi connectivity index (χ3n) is 2.74. The monoisotopic (exact) mass is 285 g/mol. The van der Waals surface area contributed by atoms with Gasteiger partial charge in [0.15, 0.2) is 0 Å². The van der Waals surface area contributed by atoms with Crippen LogP contribution in [0.2, 0.25) is 0 Å². The Morgan fingerprint density at radius 2 is 1.79 bits per heavy atom. The highest BCUT2D eigenvalue weighted by atomic mass is 32.2. The van der Waals surface area contributed by atoms with Gasteiger partial charge >= 0.3 is 0 Å². The maximum absolute atomic E-state index is 11.4. The van der Waals surface area contributed by atoms with Crippen molar-refractivity contribution in [1.82, 2.24) is 4.98 Å². The standard InChI is InChI=1S/C13H23N3O2S/c1-4-9-16(10-5-2)12-7-8-13(14-11-12)15-19(17,18)6-3/h7-8,11H,4-6,9-10H2,1-3H3,(H,14,15). The molecule has 1 heterocycles. The van der Waals surface area contributed by atoms with Gasteiger partial charge in [-0.05, 0) is 31.9 Å². The Hall–Kier alpha value is -1.30. The summed E-state index contributed by atoms with van der Waals surface area (Å²) < 4.78 is 25.3. The van der Waals surface area contributed by atoms with Crippen LogP contribution in [0, 0.1) is 0 Å². The van der Waals surface area contributed by atoms with Gasteiger partial charge in [0, 0.05) is 13.1 Å². The lowest BCUT2D eigenvalue weighted by molar-refractivity contribution is 0.602. The molecule has 5 nitrogen and oxygen atoms in total. The zero-order valence-electron chi connectivity index (χ0n) is 11.9. The Morgan fingerprint density at radius 1 is 1.16 bits per heavy atom. The van der Waals surface area contributed by atoms with Gasteiger partial charge in [-0.25, -0.2) is 13.4 Å². The van der Waals surface area contributed by atoms with E-state index in [0.717, 1.165) is 31.6 Å². The van der Waals surface area contributed by atoms with Crippen LogP contribution in [0.15, 0.2) is 18.3 Å². The number of hydrogen-bond donors (Lipinski definition) is 1. The van der Waals surface area contributed by atoms with Gasteiger partial charge in [-0.3, -0.25) is 4.72 Å². The zero-order valence-corrected chi connectivity index (χ0v) is 12.7. The molecule has 0 unspecified atom stereocenters. The normalized spacial score (nSPS) is 11.3. The average molecular weight is 285 g/mol. The molecule has 0 atom stereocenters. The smallest absolute Gasteiger partial charge is 0.233 e. The van der Waals surface area contributed by atoms with Crippen molar-refractivity contribution in [2.45, 2.75) is 33.6 Å². The molecular weight excluding hydrogens is 262 g/mol. The molecule has 0 aromatic carbocycles. The van der Waals surface area contributed by atoms with Gasteiger partial charge in [-0.2, -0.15) is 0 Å². The lowest BCUT2D eigenvalue weighted by atomic mass is 10.3. The van der Waals surface area contributed by atoms with Gasteiger partial charge in [0.25, 0.3) is 0 Å². The van der Waals surface area contributed by atoms with E-state index < -0.39 is 10.0 Å². The second kappa shape index (κ2) is 7.33. The van der Waals surface area contributed by atoms with Crippen LogP contribution >= 0.6 is 0 Å². The quantitative estimate of drug-likeness (QED) is 0.797. The molecule has 0 aliphatic rings. The second-order valence-electron chi connectivity index (χ2n) is 4.39. The van der Waals surface area contributed by atoms with Gasteiger partial charge < -0.3 is 4.90 Å². The van der Waals surface area contributed by atoms with E-state index in [1.165, 1.54) is 0 Å². The molecule has 0 aliphatic heterocycles. The van der Waals surface area contributed by atoms with Gasteiger partial charge in [-0.1, -0.05) is 13.8 Å². The molecule has 0 bridgehead atoms. The number of pyridine rings is 1. The van der Waals surface area contributed by atoms with Crippen molar-refractivity contribution in [2.75, 3.05) is 28.5 Å². The molecule has 1 aromatic heterocycles. The molecule has 1 aromatic rings. The summed E-state index contributed by atoms with van der Waals surface area (Å²) in [6, 6.07) is 3.62. The number of aromatic nitrogens is 1. The number of nitrogens with zero attached hydrogens (tertiary/aromatic N) is 2. The minimum Gasteiger partial charge on any atom is -0.370 e. The SMILES string of the molecule is CCCN(CCC)c1ccc(NS(=O)(=O)CC)nc1. The molecular formula is C13H23N3O2S. The summed E-state index contributed by atoms with van der Waals surface area (Å²) in [5.41, 5.74) is 1.03. The molecule has 19 heavy (non-hydrogen) atoms. The minimum absolute atomic E-state index is 0.0498. The van der Waals surface area contributed by atoms with E-state index in [4.69, 9.17) is 0 Å². The number of anilines is 2. The fourth-order valence-electron chi connectivity index (χ4n) is 1.77. The number of nitrogens with one attached hydrogen (secondary N) is 1. The molecule has 1 rings (SSSR count). The summed E-state index contributed by atoms with van der Waals surface area (Å²) in [5, 5.41) is 0. The number of sulfonamides is 1. The van der Waals surface area contributed by atoms with Crippen molar-refractivity contribution >= 4 is 21.5 Å². The molecule has 0 fully saturated rings. The van der Waals surface area contributed by atoms with Gasteiger partial charge in [0.1, 0.15) is 5.82 Å². The van der Waals surface area contributed by atoms with Gasteiger partial charge in [-0.15, -0.1) is 0 Å². The Morgan fingerprint density at radius 3 is 2.21 bits per heavy atom. The van der Waals surface area contributed by atoms with Gasteiger partial charge in [0.2, 0.25) is 10.0 Å². The van der Waals surface area contributed by atoms with Crippen molar-refractivity contribution in [3.63, 3.8) is 0 Å². The van der Waals surface area contributed by atoms with E-state index in [1.807, 2.05) is 6.07 Å². The summed E-state index contributed by atoms with van der Waals surface area (Å²) in [5.74, 6) is 0.423. The highest BCUT2D eigenvalue weighted by Gasteiger charge is 2.09. The molecule has 6 heteroatoms. The molecule has 0 radical (unpaired) electrons. The molecule has 0 spiro atoms. The van der Waals surface area contributed by atoms with Crippen molar-refractivity contribution in [3.8, 4) is 0 Å². The van der Waals surface area contributed by atoms with Crippen molar-refractivity contribution in [1.29, 1.82) is 0 Å². The van der Waals surface area contributed by atoms with Crippen LogP contribution in [-0.2, 0) is 10.0 Å². The summed E-state index contributed by atoms with van der Waals surface area (Å²) >= 11 is 0. The predicted octanol–water partition coefficient (Wildman–Crippen LogP) is 2.47. The topological polar surface area (TPSA) is 62.3 Å². The van der Waals surface area contributed by atoms with E-state index in [0.29, 0.717) is 5.82 Å². The minimum atomic E-state index is -3.25. The summed E-state index contributed by atoms with van der Waals surface area (Å²) in [6.45, 7) is 7.84. The molecule has 0 aliphatic carbocycles. The highest BCUT2D eigenvalue weighted by molar-refractivity contribution is 7.92. The highest BCUT2D eigenvalue weighted by Crippen LogP contribution is 2.16. The van der Waals surface area contributed by atoms with Crippen LogP contribution in [0.5, 0.6) is 0 Å². The second-order valence-corrected chi connectivity index (χ2v) is 6.41. The van der Waals surface area contributed by atoms with Gasteiger partial charge in [0.05, 0.1) is 17.6 Å². The van der Waals surface area contributed by atoms with E-state index >= 15 is 0 Å². The third kappa shape index (κ3) is 5.06. The van der Waals surface area contributed by atoms with Crippen LogP contribution in [0.4, 0.5) is 11.5 Å². The van der Waals surface area contributed by atoms with E-state index in [1.54, 1.807) is 19.2 Å². The molecule has 0 amide bonds. The number of rotatable bonds is 8. The largest absolute Gasteiger partial charge is 0.370 e. The first-order valence-electron chi connectivity index (χ1n) is 6.73.